The van der Waals surface area contributed by atoms with Crippen LogP contribution in [0.5, 0.6) is 5.75 Å². The summed E-state index contributed by atoms with van der Waals surface area (Å²) in [6, 6.07) is 19.5. The van der Waals surface area contributed by atoms with Crippen molar-refractivity contribution in [3.05, 3.63) is 65.7 Å². The number of aliphatic hydroxyl groups is 1. The summed E-state index contributed by atoms with van der Waals surface area (Å²) in [6.45, 7) is 1.77. The molecular weight excluding hydrogens is 372 g/mol. The van der Waals surface area contributed by atoms with Gasteiger partial charge in [0.05, 0.1) is 0 Å². The Bertz CT molecular complexity index is 785. The van der Waals surface area contributed by atoms with E-state index in [4.69, 9.17) is 4.74 Å². The number of aliphatic hydroxyl groups excluding tert-OH is 1. The second kappa shape index (κ2) is 9.95. The summed E-state index contributed by atoms with van der Waals surface area (Å²) >= 11 is 0. The van der Waals surface area contributed by atoms with Crippen molar-refractivity contribution in [1.82, 2.24) is 10.2 Å². The number of benzene rings is 2. The summed E-state index contributed by atoms with van der Waals surface area (Å²) in [5, 5.41) is 14.3. The average molecular weight is 409 g/mol. The minimum Gasteiger partial charge on any atom is -0.491 e. The van der Waals surface area contributed by atoms with Gasteiger partial charge in [-0.15, -0.1) is 0 Å². The Balaban J connectivity index is 1.29. The Hall–Kier alpha value is -1.88. The molecule has 0 amide bonds. The number of likely N-dealkylation sites (N-methyl/N-ethyl adjacent to an activating group) is 1. The number of hydrogen-bond donors (Lipinski definition) is 2. The van der Waals surface area contributed by atoms with Crippen molar-refractivity contribution < 1.29 is 9.84 Å². The molecule has 0 aliphatic heterocycles. The lowest BCUT2D eigenvalue weighted by Crippen LogP contribution is -2.40. The molecular formula is C26H36N2O2. The zero-order valence-corrected chi connectivity index (χ0v) is 18.2. The molecule has 4 nitrogen and oxygen atoms in total. The van der Waals surface area contributed by atoms with Gasteiger partial charge in [0.2, 0.25) is 0 Å². The molecule has 0 aromatic heterocycles. The van der Waals surface area contributed by atoms with Crippen LogP contribution in [0.1, 0.15) is 56.1 Å². The molecule has 2 aromatic carbocycles. The quantitative estimate of drug-likeness (QED) is 0.609. The van der Waals surface area contributed by atoms with Crippen LogP contribution in [0.15, 0.2) is 54.6 Å². The first-order chi connectivity index (χ1) is 14.7. The third-order valence-corrected chi connectivity index (χ3v) is 6.79. The van der Waals surface area contributed by atoms with Gasteiger partial charge in [-0.2, -0.15) is 0 Å². The monoisotopic (exact) mass is 408 g/mol. The molecule has 1 atom stereocenters. The van der Waals surface area contributed by atoms with E-state index < -0.39 is 6.10 Å². The molecule has 2 aliphatic rings. The van der Waals surface area contributed by atoms with Gasteiger partial charge < -0.3 is 20.1 Å². The molecule has 30 heavy (non-hydrogen) atoms. The van der Waals surface area contributed by atoms with Gasteiger partial charge in [0, 0.05) is 30.2 Å². The highest BCUT2D eigenvalue weighted by atomic mass is 16.5. The van der Waals surface area contributed by atoms with E-state index in [0.29, 0.717) is 19.2 Å². The zero-order valence-electron chi connectivity index (χ0n) is 18.2. The molecule has 162 valence electrons. The van der Waals surface area contributed by atoms with Gasteiger partial charge in [0.25, 0.3) is 0 Å². The zero-order chi connectivity index (χ0) is 20.8. The maximum absolute atomic E-state index is 10.5. The van der Waals surface area contributed by atoms with E-state index in [9.17, 15) is 5.11 Å². The maximum atomic E-state index is 10.5. The first kappa shape index (κ1) is 21.4. The van der Waals surface area contributed by atoms with E-state index in [0.717, 1.165) is 17.9 Å². The van der Waals surface area contributed by atoms with Crippen molar-refractivity contribution >= 4 is 0 Å². The molecule has 1 unspecified atom stereocenters. The molecule has 2 saturated carbocycles. The molecule has 0 spiro atoms. The summed E-state index contributed by atoms with van der Waals surface area (Å²) in [5.74, 6) is 0.869. The van der Waals surface area contributed by atoms with Crippen LogP contribution >= 0.6 is 0 Å². The van der Waals surface area contributed by atoms with E-state index in [-0.39, 0.29) is 5.54 Å². The van der Waals surface area contributed by atoms with E-state index in [1.807, 2.05) is 12.1 Å². The molecule has 0 bridgehead atoms. The Morgan fingerprint density at radius 3 is 2.47 bits per heavy atom. The van der Waals surface area contributed by atoms with E-state index in [2.05, 4.69) is 59.7 Å². The van der Waals surface area contributed by atoms with Crippen molar-refractivity contribution in [2.24, 2.45) is 0 Å². The van der Waals surface area contributed by atoms with Crippen LogP contribution in [-0.4, -0.2) is 42.4 Å². The predicted molar refractivity (Wildman–Crippen MR) is 122 cm³/mol. The lowest BCUT2D eigenvalue weighted by atomic mass is 9.94. The Morgan fingerprint density at radius 2 is 1.73 bits per heavy atom. The normalized spacial score (nSPS) is 19.6. The van der Waals surface area contributed by atoms with Crippen LogP contribution in [-0.2, 0) is 12.1 Å². The number of ether oxygens (including phenoxy) is 1. The van der Waals surface area contributed by atoms with Gasteiger partial charge in [-0.25, -0.2) is 0 Å². The van der Waals surface area contributed by atoms with Crippen LogP contribution in [0.2, 0.25) is 0 Å². The summed E-state index contributed by atoms with van der Waals surface area (Å²) in [6.07, 6.45) is 8.35. The lowest BCUT2D eigenvalue weighted by molar-refractivity contribution is 0.0558. The van der Waals surface area contributed by atoms with Gasteiger partial charge in [-0.05, 0) is 44.4 Å². The summed E-state index contributed by atoms with van der Waals surface area (Å²) < 4.78 is 6.06. The third-order valence-electron chi connectivity index (χ3n) is 6.79. The summed E-state index contributed by atoms with van der Waals surface area (Å²) in [7, 11) is 2.13. The first-order valence-corrected chi connectivity index (χ1v) is 11.6. The van der Waals surface area contributed by atoms with Gasteiger partial charge in [0.1, 0.15) is 18.5 Å². The molecule has 2 aliphatic carbocycles. The van der Waals surface area contributed by atoms with Crippen LogP contribution < -0.4 is 10.1 Å². The Labute approximate surface area is 181 Å². The van der Waals surface area contributed by atoms with E-state index >= 15 is 0 Å². The Morgan fingerprint density at radius 1 is 1.03 bits per heavy atom. The second-order valence-electron chi connectivity index (χ2n) is 9.11. The Kier molecular flexibility index (Phi) is 7.08. The van der Waals surface area contributed by atoms with E-state index in [1.165, 1.54) is 50.5 Å². The summed E-state index contributed by atoms with van der Waals surface area (Å²) in [4.78, 5) is 2.32. The number of nitrogens with one attached hydrogen (secondary N) is 1. The van der Waals surface area contributed by atoms with Gasteiger partial charge >= 0.3 is 0 Å². The van der Waals surface area contributed by atoms with Crippen molar-refractivity contribution in [2.75, 3.05) is 20.2 Å². The number of nitrogens with zero attached hydrogens (tertiary/aromatic N) is 1. The van der Waals surface area contributed by atoms with Crippen LogP contribution in [0, 0.1) is 0 Å². The number of hydrogen-bond acceptors (Lipinski definition) is 4. The highest BCUT2D eigenvalue weighted by Gasteiger charge is 2.43. The third kappa shape index (κ3) is 5.42. The fourth-order valence-electron chi connectivity index (χ4n) is 4.75. The molecule has 0 saturated heterocycles. The number of rotatable bonds is 10. The van der Waals surface area contributed by atoms with E-state index in [1.54, 1.807) is 0 Å². The predicted octanol–water partition coefficient (Wildman–Crippen LogP) is 4.47. The standard InChI is InChI=1S/C26H36N2O2/c1-28(23-13-6-3-7-14-23)19-24(29)20-30-25-15-9-8-10-21(25)18-27-26(16-17-26)22-11-4-2-5-12-22/h2,4-5,8-12,15,23-24,27,29H,3,6-7,13-14,16-20H2,1H3. The maximum Gasteiger partial charge on any atom is 0.123 e. The SMILES string of the molecule is CN(CC(O)COc1ccccc1CNC1(c2ccccc2)CC1)C1CCCCC1. The molecule has 0 radical (unpaired) electrons. The average Bonchev–Trinajstić information content (AvgIpc) is 3.59. The van der Waals surface area contributed by atoms with Crippen molar-refractivity contribution in [2.45, 2.75) is 69.2 Å². The highest BCUT2D eigenvalue weighted by molar-refractivity contribution is 5.35. The van der Waals surface area contributed by atoms with Crippen molar-refractivity contribution in [1.29, 1.82) is 0 Å². The van der Waals surface area contributed by atoms with Crippen LogP contribution in [0.4, 0.5) is 0 Å². The molecule has 4 rings (SSSR count). The molecule has 2 aromatic rings. The second-order valence-corrected chi connectivity index (χ2v) is 9.11. The van der Waals surface area contributed by atoms with Crippen LogP contribution in [0.3, 0.4) is 0 Å². The van der Waals surface area contributed by atoms with Gasteiger partial charge in [0.15, 0.2) is 0 Å². The minimum atomic E-state index is -0.475. The smallest absolute Gasteiger partial charge is 0.123 e. The van der Waals surface area contributed by atoms with Crippen molar-refractivity contribution in [3.8, 4) is 5.75 Å². The molecule has 0 heterocycles. The largest absolute Gasteiger partial charge is 0.491 e. The molecule has 2 fully saturated rings. The fraction of sp³-hybridized carbons (Fsp3) is 0.538. The minimum absolute atomic E-state index is 0.108. The van der Waals surface area contributed by atoms with Gasteiger partial charge in [-0.1, -0.05) is 67.8 Å². The first-order valence-electron chi connectivity index (χ1n) is 11.6. The highest BCUT2D eigenvalue weighted by Crippen LogP contribution is 2.45. The van der Waals surface area contributed by atoms with Gasteiger partial charge in [-0.3, -0.25) is 0 Å². The van der Waals surface area contributed by atoms with Crippen molar-refractivity contribution in [3.63, 3.8) is 0 Å². The number of para-hydroxylation sites is 1. The summed E-state index contributed by atoms with van der Waals surface area (Å²) in [5.41, 5.74) is 2.62. The lowest BCUT2D eigenvalue weighted by Gasteiger charge is -2.32. The topological polar surface area (TPSA) is 44.7 Å². The molecule has 2 N–H and O–H groups in total. The van der Waals surface area contributed by atoms with Crippen LogP contribution in [0.25, 0.3) is 0 Å². The fourth-order valence-corrected chi connectivity index (χ4v) is 4.75. The molecule has 4 heteroatoms.